The van der Waals surface area contributed by atoms with Gasteiger partial charge in [-0.05, 0) is 12.1 Å². The Morgan fingerprint density at radius 1 is 1.36 bits per heavy atom. The fraction of sp³-hybridized carbons (Fsp3) is 0.333. The molecule has 0 aliphatic carbocycles. The third kappa shape index (κ3) is 3.42. The minimum Gasteiger partial charge on any atom is -0.384 e. The summed E-state index contributed by atoms with van der Waals surface area (Å²) < 4.78 is 0. The number of hydrogen-bond donors (Lipinski definition) is 1. The summed E-state index contributed by atoms with van der Waals surface area (Å²) in [7, 11) is 0. The Labute approximate surface area is 75.9 Å². The van der Waals surface area contributed by atoms with Gasteiger partial charge in [0.15, 0.2) is 0 Å². The fourth-order valence-corrected chi connectivity index (χ4v) is 0.976. The first-order chi connectivity index (χ1) is 5.29. The number of anilines is 1. The second-order valence-corrected chi connectivity index (χ2v) is 4.09. The SMILES string of the molecule is CC(Br)CNc1ccccc1. The van der Waals surface area contributed by atoms with Crippen LogP contribution < -0.4 is 5.32 Å². The maximum absolute atomic E-state index is 3.47. The zero-order chi connectivity index (χ0) is 8.10. The molecule has 0 spiro atoms. The highest BCUT2D eigenvalue weighted by atomic mass is 79.9. The molecule has 1 nitrogen and oxygen atoms in total. The third-order valence-corrected chi connectivity index (χ3v) is 1.68. The number of hydrogen-bond acceptors (Lipinski definition) is 1. The van der Waals surface area contributed by atoms with E-state index in [1.54, 1.807) is 0 Å². The maximum Gasteiger partial charge on any atom is 0.0340 e. The normalized spacial score (nSPS) is 12.5. The van der Waals surface area contributed by atoms with Crippen molar-refractivity contribution < 1.29 is 0 Å². The molecule has 1 aromatic rings. The smallest absolute Gasteiger partial charge is 0.0340 e. The van der Waals surface area contributed by atoms with Crippen LogP contribution in [0, 0.1) is 0 Å². The van der Waals surface area contributed by atoms with Crippen molar-refractivity contribution in [1.29, 1.82) is 0 Å². The van der Waals surface area contributed by atoms with Crippen LogP contribution in [0.4, 0.5) is 5.69 Å². The summed E-state index contributed by atoms with van der Waals surface area (Å²) in [5.41, 5.74) is 1.18. The van der Waals surface area contributed by atoms with E-state index in [2.05, 4.69) is 40.3 Å². The maximum atomic E-state index is 3.47. The zero-order valence-electron chi connectivity index (χ0n) is 6.55. The molecular weight excluding hydrogens is 202 g/mol. The molecule has 0 heterocycles. The number of rotatable bonds is 3. The quantitative estimate of drug-likeness (QED) is 0.763. The van der Waals surface area contributed by atoms with Gasteiger partial charge in [0.1, 0.15) is 0 Å². The Hall–Kier alpha value is -0.500. The van der Waals surface area contributed by atoms with Gasteiger partial charge in [-0.25, -0.2) is 0 Å². The van der Waals surface area contributed by atoms with E-state index in [0.29, 0.717) is 4.83 Å². The van der Waals surface area contributed by atoms with Gasteiger partial charge < -0.3 is 5.32 Å². The standard InChI is InChI=1S/C9H12BrN/c1-8(10)7-11-9-5-3-2-4-6-9/h2-6,8,11H,7H2,1H3. The molecule has 0 radical (unpaired) electrons. The molecule has 1 unspecified atom stereocenters. The van der Waals surface area contributed by atoms with E-state index in [-0.39, 0.29) is 0 Å². The van der Waals surface area contributed by atoms with Gasteiger partial charge in [0.05, 0.1) is 0 Å². The molecule has 0 aromatic heterocycles. The summed E-state index contributed by atoms with van der Waals surface area (Å²) in [4.78, 5) is 0.516. The Morgan fingerprint density at radius 3 is 2.55 bits per heavy atom. The van der Waals surface area contributed by atoms with E-state index in [0.717, 1.165) is 6.54 Å². The van der Waals surface area contributed by atoms with Crippen molar-refractivity contribution in [3.63, 3.8) is 0 Å². The van der Waals surface area contributed by atoms with Crippen LogP contribution in [0.1, 0.15) is 6.92 Å². The molecule has 1 aromatic carbocycles. The topological polar surface area (TPSA) is 12.0 Å². The van der Waals surface area contributed by atoms with Crippen LogP contribution in [0.25, 0.3) is 0 Å². The molecule has 0 bridgehead atoms. The van der Waals surface area contributed by atoms with E-state index in [9.17, 15) is 0 Å². The summed E-state index contributed by atoms with van der Waals surface area (Å²) in [6.07, 6.45) is 0. The van der Waals surface area contributed by atoms with E-state index < -0.39 is 0 Å². The molecule has 0 fully saturated rings. The van der Waals surface area contributed by atoms with Crippen molar-refractivity contribution in [1.82, 2.24) is 0 Å². The Bertz CT molecular complexity index is 196. The second-order valence-electron chi connectivity index (χ2n) is 2.53. The van der Waals surface area contributed by atoms with E-state index in [4.69, 9.17) is 0 Å². The summed E-state index contributed by atoms with van der Waals surface area (Å²) in [5.74, 6) is 0. The first-order valence-corrected chi connectivity index (χ1v) is 4.63. The van der Waals surface area contributed by atoms with Gasteiger partial charge in [-0.1, -0.05) is 41.1 Å². The summed E-state index contributed by atoms with van der Waals surface area (Å²) in [6.45, 7) is 3.08. The summed E-state index contributed by atoms with van der Waals surface area (Å²) in [5, 5.41) is 3.30. The lowest BCUT2D eigenvalue weighted by Gasteiger charge is -2.06. The first kappa shape index (κ1) is 8.60. The molecule has 1 rings (SSSR count). The van der Waals surface area contributed by atoms with E-state index in [1.165, 1.54) is 5.69 Å². The lowest BCUT2D eigenvalue weighted by molar-refractivity contribution is 1.02. The van der Waals surface area contributed by atoms with E-state index in [1.807, 2.05) is 18.2 Å². The van der Waals surface area contributed by atoms with Gasteiger partial charge in [-0.15, -0.1) is 0 Å². The van der Waals surface area contributed by atoms with Crippen LogP contribution in [0.5, 0.6) is 0 Å². The first-order valence-electron chi connectivity index (χ1n) is 3.72. The highest BCUT2D eigenvalue weighted by molar-refractivity contribution is 9.09. The highest BCUT2D eigenvalue weighted by Gasteiger charge is 1.93. The van der Waals surface area contributed by atoms with Gasteiger partial charge in [-0.3, -0.25) is 0 Å². The Balaban J connectivity index is 2.39. The van der Waals surface area contributed by atoms with Crippen molar-refractivity contribution in [3.8, 4) is 0 Å². The minimum atomic E-state index is 0.516. The van der Waals surface area contributed by atoms with Crippen LogP contribution in [0.15, 0.2) is 30.3 Å². The molecule has 11 heavy (non-hydrogen) atoms. The van der Waals surface area contributed by atoms with Gasteiger partial charge >= 0.3 is 0 Å². The van der Waals surface area contributed by atoms with Gasteiger partial charge in [0.2, 0.25) is 0 Å². The molecule has 0 aliphatic rings. The number of alkyl halides is 1. The van der Waals surface area contributed by atoms with E-state index >= 15 is 0 Å². The van der Waals surface area contributed by atoms with Crippen LogP contribution in [0.2, 0.25) is 0 Å². The molecule has 1 atom stereocenters. The monoisotopic (exact) mass is 213 g/mol. The molecule has 60 valence electrons. The lowest BCUT2D eigenvalue weighted by Crippen LogP contribution is -2.09. The largest absolute Gasteiger partial charge is 0.384 e. The van der Waals surface area contributed by atoms with Crippen molar-refractivity contribution >= 4 is 21.6 Å². The Kier molecular flexibility index (Phi) is 3.43. The lowest BCUT2D eigenvalue weighted by atomic mass is 10.3. The van der Waals surface area contributed by atoms with Gasteiger partial charge in [0.25, 0.3) is 0 Å². The number of para-hydroxylation sites is 1. The predicted molar refractivity (Wildman–Crippen MR) is 53.3 cm³/mol. The van der Waals surface area contributed by atoms with Gasteiger partial charge in [-0.2, -0.15) is 0 Å². The van der Waals surface area contributed by atoms with Crippen molar-refractivity contribution in [3.05, 3.63) is 30.3 Å². The fourth-order valence-electron chi connectivity index (χ4n) is 0.814. The molecule has 1 N–H and O–H groups in total. The molecular formula is C9H12BrN. The zero-order valence-corrected chi connectivity index (χ0v) is 8.14. The van der Waals surface area contributed by atoms with Crippen LogP contribution in [-0.4, -0.2) is 11.4 Å². The van der Waals surface area contributed by atoms with Gasteiger partial charge in [0, 0.05) is 17.1 Å². The van der Waals surface area contributed by atoms with Crippen molar-refractivity contribution in [2.75, 3.05) is 11.9 Å². The van der Waals surface area contributed by atoms with Crippen LogP contribution in [-0.2, 0) is 0 Å². The number of halogens is 1. The Morgan fingerprint density at radius 2 is 2.00 bits per heavy atom. The number of benzene rings is 1. The number of nitrogens with one attached hydrogen (secondary N) is 1. The average molecular weight is 214 g/mol. The minimum absolute atomic E-state index is 0.516. The molecule has 0 aliphatic heterocycles. The molecule has 0 saturated heterocycles. The predicted octanol–water partition coefficient (Wildman–Crippen LogP) is 2.88. The summed E-state index contributed by atoms with van der Waals surface area (Å²) in [6, 6.07) is 10.2. The van der Waals surface area contributed by atoms with Crippen molar-refractivity contribution in [2.24, 2.45) is 0 Å². The summed E-state index contributed by atoms with van der Waals surface area (Å²) >= 11 is 3.47. The average Bonchev–Trinajstić information content (AvgIpc) is 2.03. The third-order valence-electron chi connectivity index (χ3n) is 1.36. The van der Waals surface area contributed by atoms with Crippen LogP contribution in [0.3, 0.4) is 0 Å². The highest BCUT2D eigenvalue weighted by Crippen LogP contribution is 2.06. The molecule has 0 amide bonds. The second kappa shape index (κ2) is 4.39. The van der Waals surface area contributed by atoms with Crippen molar-refractivity contribution in [2.45, 2.75) is 11.8 Å². The van der Waals surface area contributed by atoms with Crippen LogP contribution >= 0.6 is 15.9 Å². The molecule has 2 heteroatoms. The molecule has 0 saturated carbocycles.